The Morgan fingerprint density at radius 1 is 1.19 bits per heavy atom. The average Bonchev–Trinajstić information content (AvgIpc) is 2.61. The summed E-state index contributed by atoms with van der Waals surface area (Å²) in [6.07, 6.45) is 3.61. The summed E-state index contributed by atoms with van der Waals surface area (Å²) in [6, 6.07) is 10.2. The maximum atomic E-state index is 11.7. The summed E-state index contributed by atoms with van der Waals surface area (Å²) in [5.41, 5.74) is 1.13. The zero-order chi connectivity index (χ0) is 20.2. The molecule has 1 aliphatic rings. The zero-order valence-corrected chi connectivity index (χ0v) is 18.8. The Morgan fingerprint density at radius 3 is 2.33 bits per heavy atom. The van der Waals surface area contributed by atoms with Crippen LogP contribution >= 0.6 is 0 Å². The molecule has 0 aromatic heterocycles. The molecule has 1 aromatic carbocycles. The molecule has 0 bridgehead atoms. The van der Waals surface area contributed by atoms with Crippen LogP contribution < -0.4 is 0 Å². The van der Waals surface area contributed by atoms with Crippen molar-refractivity contribution in [2.75, 3.05) is 0 Å². The second-order valence-corrected chi connectivity index (χ2v) is 14.2. The number of ether oxygens (including phenoxy) is 1. The standard InChI is InChI=1S/C23H36O3Si/c1-8-20-19(15-24)14-17(2)21(26-27(6,7)23(3,4)5)22(20)25-16-18-12-10-9-11-13-18/h8-13,15,17,19-22H,1,14,16H2,2-7H3/t17-,19+,20+,21-,22-/m1/s1. The number of carbonyl (C=O) groups excluding carboxylic acids is 1. The van der Waals surface area contributed by atoms with Gasteiger partial charge in [0.15, 0.2) is 8.32 Å². The van der Waals surface area contributed by atoms with Crippen molar-refractivity contribution in [3.63, 3.8) is 0 Å². The van der Waals surface area contributed by atoms with Crippen molar-refractivity contribution < 1.29 is 14.0 Å². The first kappa shape index (κ1) is 22.1. The highest BCUT2D eigenvalue weighted by molar-refractivity contribution is 6.74. The lowest BCUT2D eigenvalue weighted by molar-refractivity contribution is -0.133. The minimum absolute atomic E-state index is 0.0165. The first-order valence-electron chi connectivity index (χ1n) is 10.0. The molecule has 0 aliphatic heterocycles. The van der Waals surface area contributed by atoms with E-state index in [-0.39, 0.29) is 35.0 Å². The molecule has 3 nitrogen and oxygen atoms in total. The van der Waals surface area contributed by atoms with E-state index in [1.165, 1.54) is 0 Å². The molecule has 0 radical (unpaired) electrons. The number of aldehydes is 1. The van der Waals surface area contributed by atoms with Crippen molar-refractivity contribution in [2.45, 2.75) is 71.1 Å². The Bertz CT molecular complexity index is 620. The average molecular weight is 389 g/mol. The molecular formula is C23H36O3Si. The fourth-order valence-electron chi connectivity index (χ4n) is 3.64. The molecule has 1 saturated carbocycles. The van der Waals surface area contributed by atoms with Crippen molar-refractivity contribution in [3.05, 3.63) is 48.6 Å². The van der Waals surface area contributed by atoms with Gasteiger partial charge < -0.3 is 14.0 Å². The Kier molecular flexibility index (Phi) is 7.23. The van der Waals surface area contributed by atoms with Crippen LogP contribution in [0.4, 0.5) is 0 Å². The van der Waals surface area contributed by atoms with E-state index in [0.717, 1.165) is 18.3 Å². The maximum Gasteiger partial charge on any atom is 0.192 e. The van der Waals surface area contributed by atoms with Crippen LogP contribution in [0, 0.1) is 17.8 Å². The van der Waals surface area contributed by atoms with Crippen molar-refractivity contribution in [1.29, 1.82) is 0 Å². The number of carbonyl (C=O) groups is 1. The van der Waals surface area contributed by atoms with Crippen molar-refractivity contribution in [3.8, 4) is 0 Å². The van der Waals surface area contributed by atoms with Gasteiger partial charge in [-0.05, 0) is 36.0 Å². The van der Waals surface area contributed by atoms with Crippen molar-refractivity contribution in [2.24, 2.45) is 17.8 Å². The van der Waals surface area contributed by atoms with Gasteiger partial charge in [-0.3, -0.25) is 0 Å². The van der Waals surface area contributed by atoms with Crippen LogP contribution in [0.3, 0.4) is 0 Å². The van der Waals surface area contributed by atoms with Gasteiger partial charge in [-0.2, -0.15) is 0 Å². The predicted molar refractivity (Wildman–Crippen MR) is 114 cm³/mol. The third-order valence-electron chi connectivity index (χ3n) is 6.37. The van der Waals surface area contributed by atoms with E-state index < -0.39 is 8.32 Å². The molecule has 1 fully saturated rings. The van der Waals surface area contributed by atoms with Crippen LogP contribution in [0.25, 0.3) is 0 Å². The highest BCUT2D eigenvalue weighted by Crippen LogP contribution is 2.43. The molecule has 4 heteroatoms. The van der Waals surface area contributed by atoms with Gasteiger partial charge in [0.05, 0.1) is 18.8 Å². The van der Waals surface area contributed by atoms with Gasteiger partial charge in [0.25, 0.3) is 0 Å². The summed E-state index contributed by atoms with van der Waals surface area (Å²) < 4.78 is 13.2. The van der Waals surface area contributed by atoms with Crippen molar-refractivity contribution >= 4 is 14.6 Å². The lowest BCUT2D eigenvalue weighted by atomic mass is 9.71. The number of hydrogen-bond donors (Lipinski definition) is 0. The minimum atomic E-state index is -1.96. The van der Waals surface area contributed by atoms with Crippen molar-refractivity contribution in [1.82, 2.24) is 0 Å². The molecule has 0 heterocycles. The number of rotatable bonds is 7. The molecule has 0 unspecified atom stereocenters. The minimum Gasteiger partial charge on any atom is -0.411 e. The Labute approximate surface area is 166 Å². The molecule has 150 valence electrons. The second-order valence-electron chi connectivity index (χ2n) is 9.43. The monoisotopic (exact) mass is 388 g/mol. The molecular weight excluding hydrogens is 352 g/mol. The summed E-state index contributed by atoms with van der Waals surface area (Å²) >= 11 is 0. The predicted octanol–water partition coefficient (Wildman–Crippen LogP) is 5.62. The molecule has 27 heavy (non-hydrogen) atoms. The SMILES string of the molecule is C=C[C@@H]1[C@@H](OCc2ccccc2)[C@H](O[Si](C)(C)C(C)(C)C)[C@H](C)C[C@H]1C=O. The van der Waals surface area contributed by atoms with Gasteiger partial charge in [0.2, 0.25) is 0 Å². The van der Waals surface area contributed by atoms with Gasteiger partial charge in [-0.15, -0.1) is 6.58 Å². The molecule has 0 amide bonds. The van der Waals surface area contributed by atoms with Crippen LogP contribution in [-0.2, 0) is 20.6 Å². The van der Waals surface area contributed by atoms with Gasteiger partial charge >= 0.3 is 0 Å². The summed E-state index contributed by atoms with van der Waals surface area (Å²) in [5, 5.41) is 0.127. The summed E-state index contributed by atoms with van der Waals surface area (Å²) in [7, 11) is -1.96. The van der Waals surface area contributed by atoms with E-state index in [4.69, 9.17) is 9.16 Å². The largest absolute Gasteiger partial charge is 0.411 e. The normalized spacial score (nSPS) is 29.3. The highest BCUT2D eigenvalue weighted by Gasteiger charge is 2.48. The molecule has 0 saturated heterocycles. The molecule has 5 atom stereocenters. The van der Waals surface area contributed by atoms with E-state index in [1.807, 2.05) is 24.3 Å². The Morgan fingerprint density at radius 2 is 1.81 bits per heavy atom. The Balaban J connectivity index is 2.28. The third kappa shape index (κ3) is 5.18. The van der Waals surface area contributed by atoms with Crippen LogP contribution in [0.1, 0.15) is 39.7 Å². The summed E-state index contributed by atoms with van der Waals surface area (Å²) in [4.78, 5) is 11.7. The summed E-state index contributed by atoms with van der Waals surface area (Å²) in [6.45, 7) is 18.0. The third-order valence-corrected chi connectivity index (χ3v) is 10.8. The maximum absolute atomic E-state index is 11.7. The van der Waals surface area contributed by atoms with Gasteiger partial charge in [0, 0.05) is 11.8 Å². The Hall–Kier alpha value is -1.23. The van der Waals surface area contributed by atoms with Gasteiger partial charge in [0.1, 0.15) is 6.29 Å². The van der Waals surface area contributed by atoms with Crippen LogP contribution in [0.2, 0.25) is 18.1 Å². The lowest BCUT2D eigenvalue weighted by Gasteiger charge is -2.48. The van der Waals surface area contributed by atoms with Crippen LogP contribution in [0.5, 0.6) is 0 Å². The summed E-state index contributed by atoms with van der Waals surface area (Å²) in [5.74, 6) is 0.195. The number of hydrogen-bond acceptors (Lipinski definition) is 3. The van der Waals surface area contributed by atoms with E-state index in [1.54, 1.807) is 0 Å². The van der Waals surface area contributed by atoms with Gasteiger partial charge in [-0.25, -0.2) is 0 Å². The second kappa shape index (κ2) is 8.85. The highest BCUT2D eigenvalue weighted by atomic mass is 28.4. The fraction of sp³-hybridized carbons (Fsp3) is 0.609. The first-order valence-corrected chi connectivity index (χ1v) is 12.9. The van der Waals surface area contributed by atoms with Gasteiger partial charge in [-0.1, -0.05) is 64.1 Å². The fourth-order valence-corrected chi connectivity index (χ4v) is 5.04. The molecule has 1 aliphatic carbocycles. The number of benzene rings is 1. The smallest absolute Gasteiger partial charge is 0.192 e. The van der Waals surface area contributed by atoms with E-state index in [9.17, 15) is 4.79 Å². The molecule has 0 N–H and O–H groups in total. The van der Waals surface area contributed by atoms with E-state index in [2.05, 4.69) is 59.5 Å². The lowest BCUT2D eigenvalue weighted by Crippen LogP contribution is -2.55. The van der Waals surface area contributed by atoms with Crippen LogP contribution in [-0.4, -0.2) is 26.8 Å². The molecule has 2 rings (SSSR count). The van der Waals surface area contributed by atoms with E-state index >= 15 is 0 Å². The topological polar surface area (TPSA) is 35.5 Å². The quantitative estimate of drug-likeness (QED) is 0.345. The van der Waals surface area contributed by atoms with E-state index in [0.29, 0.717) is 6.61 Å². The molecule has 1 aromatic rings. The molecule has 0 spiro atoms. The van der Waals surface area contributed by atoms with Crippen LogP contribution in [0.15, 0.2) is 43.0 Å². The first-order chi connectivity index (χ1) is 12.6. The zero-order valence-electron chi connectivity index (χ0n) is 17.8.